The van der Waals surface area contributed by atoms with Gasteiger partial charge in [0.15, 0.2) is 0 Å². The van der Waals surface area contributed by atoms with E-state index in [1.165, 1.54) is 19.2 Å². The minimum Gasteiger partial charge on any atom is -0.497 e. The Balaban J connectivity index is 1.57. The van der Waals surface area contributed by atoms with Crippen LogP contribution in [0.1, 0.15) is 34.2 Å². The molecule has 1 N–H and O–H groups in total. The van der Waals surface area contributed by atoms with Gasteiger partial charge in [-0.1, -0.05) is 0 Å². The third kappa shape index (κ3) is 3.85. The molecule has 3 aromatic rings. The van der Waals surface area contributed by atoms with Gasteiger partial charge in [-0.25, -0.2) is 4.39 Å². The van der Waals surface area contributed by atoms with E-state index in [-0.39, 0.29) is 16.9 Å². The van der Waals surface area contributed by atoms with Crippen LogP contribution in [-0.2, 0) is 12.7 Å². The highest BCUT2D eigenvalue weighted by molar-refractivity contribution is 5.94. The molecule has 1 atom stereocenters. The van der Waals surface area contributed by atoms with Crippen molar-refractivity contribution in [2.75, 3.05) is 7.11 Å². The van der Waals surface area contributed by atoms with Crippen LogP contribution in [0.2, 0.25) is 0 Å². The number of nitrogens with zero attached hydrogens (tertiary/aromatic N) is 3. The highest BCUT2D eigenvalue weighted by Crippen LogP contribution is 2.33. The number of carbonyl (C=O) groups excluding carboxylic acids is 1. The van der Waals surface area contributed by atoms with Gasteiger partial charge in [-0.15, -0.1) is 0 Å². The molecule has 4 rings (SSSR count). The van der Waals surface area contributed by atoms with E-state index >= 15 is 0 Å². The molecule has 1 aliphatic heterocycles. The van der Waals surface area contributed by atoms with Gasteiger partial charge in [0.25, 0.3) is 5.91 Å². The molecule has 0 bridgehead atoms. The summed E-state index contributed by atoms with van der Waals surface area (Å²) in [5, 5.41) is 7.16. The SMILES string of the molecule is COc1cc(F)cc(C(=O)N[C@H]2CCn3nc(-c4ccnc(C(F)(F)F)c4)cc32)c1. The number of fused-ring (bicyclic) bond motifs is 1. The third-order valence-corrected chi connectivity index (χ3v) is 4.82. The average molecular weight is 420 g/mol. The van der Waals surface area contributed by atoms with Gasteiger partial charge in [-0.3, -0.25) is 14.5 Å². The average Bonchev–Trinajstić information content (AvgIpc) is 3.29. The second-order valence-electron chi connectivity index (χ2n) is 6.80. The number of hydrogen-bond acceptors (Lipinski definition) is 4. The van der Waals surface area contributed by atoms with Gasteiger partial charge >= 0.3 is 6.18 Å². The van der Waals surface area contributed by atoms with E-state index in [2.05, 4.69) is 15.4 Å². The molecule has 156 valence electrons. The Bertz CT molecular complexity index is 1110. The summed E-state index contributed by atoms with van der Waals surface area (Å²) in [6.07, 6.45) is -2.91. The normalized spacial score (nSPS) is 15.7. The Kier molecular flexibility index (Phi) is 4.92. The van der Waals surface area contributed by atoms with E-state index in [9.17, 15) is 22.4 Å². The minimum atomic E-state index is -4.55. The van der Waals surface area contributed by atoms with Crippen molar-refractivity contribution in [1.82, 2.24) is 20.1 Å². The van der Waals surface area contributed by atoms with E-state index in [0.29, 0.717) is 24.4 Å². The van der Waals surface area contributed by atoms with Gasteiger partial charge in [-0.2, -0.15) is 18.3 Å². The number of pyridine rings is 1. The fraction of sp³-hybridized carbons (Fsp3) is 0.250. The molecule has 6 nitrogen and oxygen atoms in total. The molecule has 10 heteroatoms. The lowest BCUT2D eigenvalue weighted by Gasteiger charge is -2.12. The lowest BCUT2D eigenvalue weighted by atomic mass is 10.1. The van der Waals surface area contributed by atoms with E-state index in [4.69, 9.17) is 4.74 Å². The van der Waals surface area contributed by atoms with Crippen molar-refractivity contribution in [2.45, 2.75) is 25.2 Å². The largest absolute Gasteiger partial charge is 0.497 e. The van der Waals surface area contributed by atoms with Crippen LogP contribution in [0.5, 0.6) is 5.75 Å². The van der Waals surface area contributed by atoms with Crippen LogP contribution in [0, 0.1) is 5.82 Å². The first-order valence-corrected chi connectivity index (χ1v) is 9.01. The molecular weight excluding hydrogens is 404 g/mol. The molecule has 0 fully saturated rings. The first-order chi connectivity index (χ1) is 14.2. The molecule has 0 aliphatic carbocycles. The smallest absolute Gasteiger partial charge is 0.433 e. The Morgan fingerprint density at radius 1 is 1.23 bits per heavy atom. The van der Waals surface area contributed by atoms with Crippen LogP contribution in [0.25, 0.3) is 11.3 Å². The summed E-state index contributed by atoms with van der Waals surface area (Å²) in [4.78, 5) is 15.9. The number of benzene rings is 1. The predicted molar refractivity (Wildman–Crippen MR) is 98.2 cm³/mol. The zero-order chi connectivity index (χ0) is 21.5. The summed E-state index contributed by atoms with van der Waals surface area (Å²) >= 11 is 0. The first kappa shape index (κ1) is 19.9. The second-order valence-corrected chi connectivity index (χ2v) is 6.80. The van der Waals surface area contributed by atoms with Gasteiger partial charge in [0.2, 0.25) is 0 Å². The Morgan fingerprint density at radius 3 is 2.77 bits per heavy atom. The third-order valence-electron chi connectivity index (χ3n) is 4.82. The fourth-order valence-electron chi connectivity index (χ4n) is 3.38. The van der Waals surface area contributed by atoms with Crippen molar-refractivity contribution in [3.8, 4) is 17.0 Å². The van der Waals surface area contributed by atoms with Gasteiger partial charge in [0.1, 0.15) is 17.3 Å². The van der Waals surface area contributed by atoms with Gasteiger partial charge in [-0.05, 0) is 36.8 Å². The van der Waals surface area contributed by atoms with Gasteiger partial charge < -0.3 is 10.1 Å². The quantitative estimate of drug-likeness (QED) is 0.649. The molecular formula is C20H16F4N4O2. The number of hydrogen-bond donors (Lipinski definition) is 1. The second kappa shape index (κ2) is 7.43. The van der Waals surface area contributed by atoms with Crippen LogP contribution in [0.3, 0.4) is 0 Å². The molecule has 1 aliphatic rings. The van der Waals surface area contributed by atoms with E-state index < -0.39 is 29.6 Å². The highest BCUT2D eigenvalue weighted by Gasteiger charge is 2.33. The van der Waals surface area contributed by atoms with Crippen molar-refractivity contribution in [3.05, 3.63) is 65.4 Å². The Labute approximate surface area is 168 Å². The molecule has 0 saturated heterocycles. The van der Waals surface area contributed by atoms with Crippen LogP contribution in [0.4, 0.5) is 17.6 Å². The Hall–Kier alpha value is -3.43. The minimum absolute atomic E-state index is 0.106. The lowest BCUT2D eigenvalue weighted by molar-refractivity contribution is -0.141. The van der Waals surface area contributed by atoms with Crippen LogP contribution < -0.4 is 10.1 Å². The van der Waals surface area contributed by atoms with Crippen molar-refractivity contribution in [2.24, 2.45) is 0 Å². The highest BCUT2D eigenvalue weighted by atomic mass is 19.4. The number of rotatable bonds is 4. The summed E-state index contributed by atoms with van der Waals surface area (Å²) in [5.74, 6) is -0.870. The number of aromatic nitrogens is 3. The summed E-state index contributed by atoms with van der Waals surface area (Å²) in [6.45, 7) is 0.490. The topological polar surface area (TPSA) is 69.0 Å². The molecule has 1 amide bonds. The van der Waals surface area contributed by atoms with E-state index in [1.807, 2.05) is 0 Å². The number of ether oxygens (including phenoxy) is 1. The maximum absolute atomic E-state index is 13.7. The maximum atomic E-state index is 13.7. The van der Waals surface area contributed by atoms with Gasteiger partial charge in [0, 0.05) is 29.9 Å². The maximum Gasteiger partial charge on any atom is 0.433 e. The van der Waals surface area contributed by atoms with E-state index in [1.54, 1.807) is 10.7 Å². The zero-order valence-electron chi connectivity index (χ0n) is 15.7. The van der Waals surface area contributed by atoms with Crippen LogP contribution in [0.15, 0.2) is 42.6 Å². The fourth-order valence-corrected chi connectivity index (χ4v) is 3.38. The molecule has 0 spiro atoms. The van der Waals surface area contributed by atoms with E-state index in [0.717, 1.165) is 24.4 Å². The number of methoxy groups -OCH3 is 1. The van der Waals surface area contributed by atoms with Gasteiger partial charge in [0.05, 0.1) is 24.5 Å². The number of nitrogens with one attached hydrogen (secondary N) is 1. The number of aryl methyl sites for hydroxylation is 1. The molecule has 0 radical (unpaired) electrons. The van der Waals surface area contributed by atoms with Crippen molar-refractivity contribution >= 4 is 5.91 Å². The Morgan fingerprint density at radius 2 is 2.03 bits per heavy atom. The number of alkyl halides is 3. The van der Waals surface area contributed by atoms with Crippen molar-refractivity contribution < 1.29 is 27.1 Å². The molecule has 2 aromatic heterocycles. The summed E-state index contributed by atoms with van der Waals surface area (Å²) in [7, 11) is 1.37. The lowest BCUT2D eigenvalue weighted by Crippen LogP contribution is -2.27. The number of halogens is 4. The monoisotopic (exact) mass is 420 g/mol. The first-order valence-electron chi connectivity index (χ1n) is 9.01. The molecule has 0 saturated carbocycles. The summed E-state index contributed by atoms with van der Waals surface area (Å²) < 4.78 is 59.1. The standard InChI is InChI=1S/C20H16F4N4O2/c1-30-14-7-12(6-13(21)9-14)19(29)26-15-3-5-28-17(15)10-16(27-28)11-2-4-25-18(8-11)20(22,23)24/h2,4,6-10,15H,3,5H2,1H3,(H,26,29)/t15-/m0/s1. The number of amides is 1. The molecule has 0 unspecified atom stereocenters. The van der Waals surface area contributed by atoms with Crippen LogP contribution >= 0.6 is 0 Å². The summed E-state index contributed by atoms with van der Waals surface area (Å²) in [6, 6.07) is 7.30. The molecule has 30 heavy (non-hydrogen) atoms. The van der Waals surface area contributed by atoms with Crippen molar-refractivity contribution in [3.63, 3.8) is 0 Å². The van der Waals surface area contributed by atoms with Crippen molar-refractivity contribution in [1.29, 1.82) is 0 Å². The van der Waals surface area contributed by atoms with Crippen LogP contribution in [-0.4, -0.2) is 27.8 Å². The molecule has 3 heterocycles. The summed E-state index contributed by atoms with van der Waals surface area (Å²) in [5.41, 5.74) is 0.391. The number of carbonyl (C=O) groups is 1. The zero-order valence-corrected chi connectivity index (χ0v) is 15.7. The molecule has 1 aromatic carbocycles. The predicted octanol–water partition coefficient (Wildman–Crippen LogP) is 3.99.